The monoisotopic (exact) mass is 372 g/mol. The van der Waals surface area contributed by atoms with E-state index in [9.17, 15) is 18.0 Å². The van der Waals surface area contributed by atoms with Gasteiger partial charge in [-0.1, -0.05) is 0 Å². The van der Waals surface area contributed by atoms with Gasteiger partial charge in [0.2, 0.25) is 9.84 Å². The lowest BCUT2D eigenvalue weighted by atomic mass is 10.3. The largest absolute Gasteiger partial charge is 0.318 e. The Balaban J connectivity index is 2.27. The van der Waals surface area contributed by atoms with Crippen molar-refractivity contribution in [1.29, 1.82) is 0 Å². The molecular formula is C14H10Cl2N2O4S. The lowest BCUT2D eigenvalue weighted by Gasteiger charge is -2.07. The molecule has 0 bridgehead atoms. The van der Waals surface area contributed by atoms with Gasteiger partial charge in [-0.2, -0.15) is 0 Å². The number of sulfone groups is 1. The van der Waals surface area contributed by atoms with Gasteiger partial charge in [0.05, 0.1) is 9.79 Å². The fourth-order valence-electron chi connectivity index (χ4n) is 1.80. The van der Waals surface area contributed by atoms with Crippen molar-refractivity contribution in [2.45, 2.75) is 9.79 Å². The molecule has 0 aliphatic rings. The molecule has 2 aromatic carbocycles. The molecule has 2 N–H and O–H groups in total. The first-order valence-corrected chi connectivity index (χ1v) is 8.41. The number of rotatable bonds is 4. The summed E-state index contributed by atoms with van der Waals surface area (Å²) in [7, 11) is -3.72. The van der Waals surface area contributed by atoms with E-state index in [0.29, 0.717) is 11.4 Å². The van der Waals surface area contributed by atoms with Gasteiger partial charge in [0.1, 0.15) is 0 Å². The van der Waals surface area contributed by atoms with Crippen LogP contribution in [0.15, 0.2) is 58.3 Å². The fourth-order valence-corrected chi connectivity index (χ4v) is 3.28. The molecule has 0 radical (unpaired) electrons. The zero-order valence-corrected chi connectivity index (χ0v) is 13.7. The van der Waals surface area contributed by atoms with Gasteiger partial charge in [0.25, 0.3) is 0 Å². The van der Waals surface area contributed by atoms with E-state index in [1.54, 1.807) is 0 Å². The maximum Gasteiger partial charge on any atom is 0.318 e. The molecule has 0 aromatic heterocycles. The summed E-state index contributed by atoms with van der Waals surface area (Å²) >= 11 is 10.4. The summed E-state index contributed by atoms with van der Waals surface area (Å²) in [6.45, 7) is 0. The number of hydrogen-bond donors (Lipinski definition) is 2. The number of nitrogens with one attached hydrogen (secondary N) is 2. The number of benzene rings is 2. The highest BCUT2D eigenvalue weighted by Gasteiger charge is 2.17. The van der Waals surface area contributed by atoms with Crippen molar-refractivity contribution < 1.29 is 18.0 Å². The van der Waals surface area contributed by atoms with E-state index < -0.39 is 20.6 Å². The van der Waals surface area contributed by atoms with Gasteiger partial charge in [-0.05, 0) is 71.7 Å². The molecule has 2 rings (SSSR count). The van der Waals surface area contributed by atoms with Crippen molar-refractivity contribution >= 4 is 55.1 Å². The van der Waals surface area contributed by atoms with Crippen LogP contribution < -0.4 is 10.6 Å². The van der Waals surface area contributed by atoms with Crippen molar-refractivity contribution in [2.24, 2.45) is 0 Å². The molecule has 2 aromatic rings. The molecule has 0 atom stereocenters. The highest BCUT2D eigenvalue weighted by Crippen LogP contribution is 2.24. The molecule has 0 saturated carbocycles. The average molecular weight is 373 g/mol. The zero-order valence-electron chi connectivity index (χ0n) is 11.4. The van der Waals surface area contributed by atoms with Crippen LogP contribution in [0.5, 0.6) is 0 Å². The molecule has 120 valence electrons. The highest BCUT2D eigenvalue weighted by atomic mass is 35.5. The smallest absolute Gasteiger partial charge is 0.312 e. The first-order valence-electron chi connectivity index (χ1n) is 6.17. The molecule has 0 aliphatic heterocycles. The van der Waals surface area contributed by atoms with Crippen molar-refractivity contribution in [1.82, 2.24) is 0 Å². The SMILES string of the molecule is O=C(Cl)Nc1ccc(S(=O)(=O)c2ccc(NC(=O)Cl)cc2)cc1. The van der Waals surface area contributed by atoms with Crippen LogP contribution in [-0.2, 0) is 9.84 Å². The third kappa shape index (κ3) is 4.44. The van der Waals surface area contributed by atoms with Crippen LogP contribution in [0.1, 0.15) is 0 Å². The van der Waals surface area contributed by atoms with Gasteiger partial charge in [-0.15, -0.1) is 0 Å². The van der Waals surface area contributed by atoms with Gasteiger partial charge in [0.15, 0.2) is 0 Å². The minimum atomic E-state index is -3.72. The summed E-state index contributed by atoms with van der Waals surface area (Å²) in [4.78, 5) is 21.6. The van der Waals surface area contributed by atoms with Crippen LogP contribution in [-0.4, -0.2) is 19.2 Å². The Labute approximate surface area is 142 Å². The third-order valence-electron chi connectivity index (χ3n) is 2.81. The normalized spacial score (nSPS) is 10.9. The molecule has 6 nitrogen and oxygen atoms in total. The third-order valence-corrected chi connectivity index (χ3v) is 4.79. The molecule has 9 heteroatoms. The topological polar surface area (TPSA) is 92.3 Å². The Morgan fingerprint density at radius 3 is 1.26 bits per heavy atom. The summed E-state index contributed by atoms with van der Waals surface area (Å²) in [6, 6.07) is 11.1. The van der Waals surface area contributed by atoms with E-state index in [0.717, 1.165) is 0 Å². The van der Waals surface area contributed by atoms with E-state index >= 15 is 0 Å². The molecule has 0 unspecified atom stereocenters. The number of anilines is 2. The van der Waals surface area contributed by atoms with E-state index in [2.05, 4.69) is 10.6 Å². The van der Waals surface area contributed by atoms with Crippen LogP contribution in [0.3, 0.4) is 0 Å². The molecule has 23 heavy (non-hydrogen) atoms. The Hall–Kier alpha value is -2.09. The Kier molecular flexibility index (Phi) is 5.25. The van der Waals surface area contributed by atoms with Crippen molar-refractivity contribution in [3.05, 3.63) is 48.5 Å². The maximum absolute atomic E-state index is 12.5. The quantitative estimate of drug-likeness (QED) is 0.624. The van der Waals surface area contributed by atoms with Gasteiger partial charge in [-0.25, -0.2) is 8.42 Å². The number of hydrogen-bond acceptors (Lipinski definition) is 4. The predicted molar refractivity (Wildman–Crippen MR) is 88.1 cm³/mol. The second-order valence-electron chi connectivity index (χ2n) is 4.35. The van der Waals surface area contributed by atoms with Gasteiger partial charge in [-0.3, -0.25) is 9.59 Å². The lowest BCUT2D eigenvalue weighted by Crippen LogP contribution is -2.05. The molecule has 0 aliphatic carbocycles. The molecule has 0 spiro atoms. The minimum absolute atomic E-state index is 0.0548. The molecule has 0 saturated heterocycles. The van der Waals surface area contributed by atoms with E-state index in [1.807, 2.05) is 0 Å². The van der Waals surface area contributed by atoms with E-state index in [1.165, 1.54) is 48.5 Å². The fraction of sp³-hybridized carbons (Fsp3) is 0. The van der Waals surface area contributed by atoms with E-state index in [4.69, 9.17) is 23.2 Å². The second kappa shape index (κ2) is 6.99. The second-order valence-corrected chi connectivity index (χ2v) is 6.99. The standard InChI is InChI=1S/C14H10Cl2N2O4S/c15-13(19)17-9-1-5-11(6-2-9)23(21,22)12-7-3-10(4-8-12)18-14(16)20/h1-8H,(H,17,19)(H,18,20). The van der Waals surface area contributed by atoms with E-state index in [-0.39, 0.29) is 9.79 Å². The Morgan fingerprint density at radius 1 is 0.696 bits per heavy atom. The Morgan fingerprint density at radius 2 is 1.00 bits per heavy atom. The number of amides is 2. The van der Waals surface area contributed by atoms with Crippen molar-refractivity contribution in [3.63, 3.8) is 0 Å². The number of carbonyl (C=O) groups is 2. The van der Waals surface area contributed by atoms with Gasteiger partial charge >= 0.3 is 10.7 Å². The van der Waals surface area contributed by atoms with Crippen LogP contribution in [0.2, 0.25) is 0 Å². The molecular weight excluding hydrogens is 363 g/mol. The summed E-state index contributed by atoms with van der Waals surface area (Å²) in [5.74, 6) is 0. The van der Waals surface area contributed by atoms with Crippen molar-refractivity contribution in [2.75, 3.05) is 10.6 Å². The summed E-state index contributed by atoms with van der Waals surface area (Å²) in [5.41, 5.74) is 0.758. The number of halogens is 2. The van der Waals surface area contributed by atoms with Crippen LogP contribution in [0, 0.1) is 0 Å². The number of carbonyl (C=O) groups excluding carboxylic acids is 2. The molecule has 0 fully saturated rings. The van der Waals surface area contributed by atoms with Crippen LogP contribution in [0.25, 0.3) is 0 Å². The van der Waals surface area contributed by atoms with Crippen molar-refractivity contribution in [3.8, 4) is 0 Å². The summed E-state index contributed by atoms with van der Waals surface area (Å²) in [6.07, 6.45) is 0. The lowest BCUT2D eigenvalue weighted by molar-refractivity contribution is 0.268. The maximum atomic E-state index is 12.5. The van der Waals surface area contributed by atoms with Crippen LogP contribution in [0.4, 0.5) is 21.0 Å². The van der Waals surface area contributed by atoms with Gasteiger partial charge < -0.3 is 10.6 Å². The first-order chi connectivity index (χ1) is 10.8. The first kappa shape index (κ1) is 17.3. The predicted octanol–water partition coefficient (Wildman–Crippen LogP) is 4.06. The summed E-state index contributed by atoms with van der Waals surface area (Å²) in [5, 5.41) is 3.12. The molecule has 0 heterocycles. The minimum Gasteiger partial charge on any atom is -0.312 e. The Bertz CT molecular complexity index is 769. The molecule has 2 amide bonds. The highest BCUT2D eigenvalue weighted by molar-refractivity contribution is 7.91. The van der Waals surface area contributed by atoms with Gasteiger partial charge in [0, 0.05) is 11.4 Å². The summed E-state index contributed by atoms with van der Waals surface area (Å²) < 4.78 is 24.9. The zero-order chi connectivity index (χ0) is 17.0. The van der Waals surface area contributed by atoms with Crippen LogP contribution >= 0.6 is 23.2 Å². The average Bonchev–Trinajstić information content (AvgIpc) is 2.47.